The molecular formula is C12H14N2O2. The minimum absolute atomic E-state index is 0.198. The molecule has 1 rings (SSSR count). The predicted molar refractivity (Wildman–Crippen MR) is 62.8 cm³/mol. The van der Waals surface area contributed by atoms with Gasteiger partial charge in [0.1, 0.15) is 5.75 Å². The van der Waals surface area contributed by atoms with E-state index in [9.17, 15) is 4.79 Å². The van der Waals surface area contributed by atoms with Crippen molar-refractivity contribution in [2.75, 3.05) is 12.3 Å². The SMILES string of the molecule is C#CCNC(=O)C(C)Oc1cccc(N)c1. The lowest BCUT2D eigenvalue weighted by Gasteiger charge is -2.13. The smallest absolute Gasteiger partial charge is 0.261 e. The molecule has 0 aliphatic heterocycles. The summed E-state index contributed by atoms with van der Waals surface area (Å²) in [6.45, 7) is 1.85. The lowest BCUT2D eigenvalue weighted by Crippen LogP contribution is -2.36. The first kappa shape index (κ1) is 11.9. The summed E-state index contributed by atoms with van der Waals surface area (Å²) in [6.07, 6.45) is 4.43. The van der Waals surface area contributed by atoms with Gasteiger partial charge in [-0.3, -0.25) is 4.79 Å². The highest BCUT2D eigenvalue weighted by Crippen LogP contribution is 2.15. The molecule has 84 valence electrons. The van der Waals surface area contributed by atoms with Gasteiger partial charge in [-0.15, -0.1) is 6.42 Å². The zero-order valence-corrected chi connectivity index (χ0v) is 9.07. The number of rotatable bonds is 4. The molecule has 4 nitrogen and oxygen atoms in total. The van der Waals surface area contributed by atoms with Crippen molar-refractivity contribution < 1.29 is 9.53 Å². The van der Waals surface area contributed by atoms with Crippen molar-refractivity contribution in [3.8, 4) is 18.1 Å². The van der Waals surface area contributed by atoms with E-state index in [2.05, 4.69) is 11.2 Å². The highest BCUT2D eigenvalue weighted by molar-refractivity contribution is 5.80. The van der Waals surface area contributed by atoms with Gasteiger partial charge in [0, 0.05) is 11.8 Å². The van der Waals surface area contributed by atoms with Gasteiger partial charge in [-0.25, -0.2) is 0 Å². The number of benzene rings is 1. The average molecular weight is 218 g/mol. The van der Waals surface area contributed by atoms with E-state index in [0.29, 0.717) is 11.4 Å². The zero-order chi connectivity index (χ0) is 12.0. The van der Waals surface area contributed by atoms with Crippen LogP contribution in [0.25, 0.3) is 0 Å². The van der Waals surface area contributed by atoms with Crippen LogP contribution < -0.4 is 15.8 Å². The molecule has 1 amide bonds. The first-order valence-corrected chi connectivity index (χ1v) is 4.87. The van der Waals surface area contributed by atoms with Gasteiger partial charge in [0.2, 0.25) is 0 Å². The van der Waals surface area contributed by atoms with Crippen LogP contribution in [0.4, 0.5) is 5.69 Å². The van der Waals surface area contributed by atoms with Gasteiger partial charge >= 0.3 is 0 Å². The fourth-order valence-corrected chi connectivity index (χ4v) is 1.13. The van der Waals surface area contributed by atoms with Crippen LogP contribution in [0.15, 0.2) is 24.3 Å². The van der Waals surface area contributed by atoms with E-state index >= 15 is 0 Å². The normalized spacial score (nSPS) is 11.2. The zero-order valence-electron chi connectivity index (χ0n) is 9.07. The Morgan fingerprint density at radius 1 is 1.69 bits per heavy atom. The van der Waals surface area contributed by atoms with Crippen molar-refractivity contribution in [1.82, 2.24) is 5.32 Å². The summed E-state index contributed by atoms with van der Waals surface area (Å²) in [7, 11) is 0. The van der Waals surface area contributed by atoms with E-state index in [1.54, 1.807) is 31.2 Å². The summed E-state index contributed by atoms with van der Waals surface area (Å²) < 4.78 is 5.39. The van der Waals surface area contributed by atoms with Crippen molar-refractivity contribution in [2.24, 2.45) is 0 Å². The van der Waals surface area contributed by atoms with Crippen molar-refractivity contribution in [1.29, 1.82) is 0 Å². The van der Waals surface area contributed by atoms with E-state index in [0.717, 1.165) is 0 Å². The minimum atomic E-state index is -0.602. The van der Waals surface area contributed by atoms with E-state index in [-0.39, 0.29) is 12.5 Å². The van der Waals surface area contributed by atoms with Gasteiger partial charge in [0.15, 0.2) is 6.10 Å². The molecule has 3 N–H and O–H groups in total. The molecule has 0 heterocycles. The van der Waals surface area contributed by atoms with E-state index in [4.69, 9.17) is 16.9 Å². The maximum absolute atomic E-state index is 11.4. The fourth-order valence-electron chi connectivity index (χ4n) is 1.13. The van der Waals surface area contributed by atoms with Crippen molar-refractivity contribution >= 4 is 11.6 Å². The van der Waals surface area contributed by atoms with E-state index < -0.39 is 6.10 Å². The van der Waals surface area contributed by atoms with Gasteiger partial charge < -0.3 is 15.8 Å². The molecule has 0 saturated heterocycles. The van der Waals surface area contributed by atoms with E-state index in [1.807, 2.05) is 0 Å². The van der Waals surface area contributed by atoms with Crippen LogP contribution in [0.2, 0.25) is 0 Å². The third-order valence-electron chi connectivity index (χ3n) is 1.90. The highest BCUT2D eigenvalue weighted by Gasteiger charge is 2.13. The van der Waals surface area contributed by atoms with Crippen molar-refractivity contribution in [3.05, 3.63) is 24.3 Å². The molecule has 0 saturated carbocycles. The largest absolute Gasteiger partial charge is 0.481 e. The maximum Gasteiger partial charge on any atom is 0.261 e. The maximum atomic E-state index is 11.4. The van der Waals surface area contributed by atoms with Gasteiger partial charge in [0.05, 0.1) is 6.54 Å². The Morgan fingerprint density at radius 2 is 2.44 bits per heavy atom. The van der Waals surface area contributed by atoms with Crippen LogP contribution in [0.1, 0.15) is 6.92 Å². The minimum Gasteiger partial charge on any atom is -0.481 e. The van der Waals surface area contributed by atoms with Crippen LogP contribution in [0, 0.1) is 12.3 Å². The second-order valence-corrected chi connectivity index (χ2v) is 3.25. The summed E-state index contributed by atoms with van der Waals surface area (Å²) in [6, 6.07) is 6.90. The van der Waals surface area contributed by atoms with Crippen LogP contribution in [-0.2, 0) is 4.79 Å². The second-order valence-electron chi connectivity index (χ2n) is 3.25. The predicted octanol–water partition coefficient (Wildman–Crippen LogP) is 0.785. The molecule has 1 aromatic carbocycles. The molecule has 0 bridgehead atoms. The Labute approximate surface area is 94.8 Å². The number of ether oxygens (including phenoxy) is 1. The Hall–Kier alpha value is -2.15. The van der Waals surface area contributed by atoms with Crippen LogP contribution in [-0.4, -0.2) is 18.6 Å². The third kappa shape index (κ3) is 3.54. The van der Waals surface area contributed by atoms with Crippen LogP contribution in [0.3, 0.4) is 0 Å². The van der Waals surface area contributed by atoms with Gasteiger partial charge in [-0.05, 0) is 19.1 Å². The summed E-state index contributed by atoms with van der Waals surface area (Å²) in [4.78, 5) is 11.4. The Morgan fingerprint density at radius 3 is 3.06 bits per heavy atom. The molecule has 0 aromatic heterocycles. The number of carbonyl (C=O) groups excluding carboxylic acids is 1. The number of hydrogen-bond acceptors (Lipinski definition) is 3. The number of terminal acetylenes is 1. The van der Waals surface area contributed by atoms with Gasteiger partial charge in [-0.2, -0.15) is 0 Å². The topological polar surface area (TPSA) is 64.3 Å². The number of nitrogen functional groups attached to an aromatic ring is 1. The molecule has 0 aliphatic carbocycles. The Kier molecular flexibility index (Phi) is 4.22. The van der Waals surface area contributed by atoms with E-state index in [1.165, 1.54) is 0 Å². The lowest BCUT2D eigenvalue weighted by molar-refractivity contribution is -0.126. The van der Waals surface area contributed by atoms with Crippen molar-refractivity contribution in [2.45, 2.75) is 13.0 Å². The lowest BCUT2D eigenvalue weighted by atomic mass is 10.3. The van der Waals surface area contributed by atoms with Gasteiger partial charge in [0.25, 0.3) is 5.91 Å². The monoisotopic (exact) mass is 218 g/mol. The number of anilines is 1. The molecule has 0 radical (unpaired) electrons. The molecule has 16 heavy (non-hydrogen) atoms. The highest BCUT2D eigenvalue weighted by atomic mass is 16.5. The molecule has 1 unspecified atom stereocenters. The molecule has 1 aromatic rings. The number of carbonyl (C=O) groups is 1. The second kappa shape index (κ2) is 5.66. The molecule has 4 heteroatoms. The first-order valence-electron chi connectivity index (χ1n) is 4.87. The number of nitrogens with two attached hydrogens (primary N) is 1. The van der Waals surface area contributed by atoms with Crippen LogP contribution >= 0.6 is 0 Å². The average Bonchev–Trinajstić information content (AvgIpc) is 2.25. The van der Waals surface area contributed by atoms with Gasteiger partial charge in [-0.1, -0.05) is 12.0 Å². The number of nitrogens with one attached hydrogen (secondary N) is 1. The number of amides is 1. The summed E-state index contributed by atoms with van der Waals surface area (Å²) in [5.74, 6) is 2.63. The molecule has 1 atom stereocenters. The number of hydrogen-bond donors (Lipinski definition) is 2. The molecule has 0 fully saturated rings. The van der Waals surface area contributed by atoms with Crippen LogP contribution in [0.5, 0.6) is 5.75 Å². The quantitative estimate of drug-likeness (QED) is 0.580. The summed E-state index contributed by atoms with van der Waals surface area (Å²) in [5, 5.41) is 2.54. The summed E-state index contributed by atoms with van der Waals surface area (Å²) >= 11 is 0. The molecule has 0 aliphatic rings. The standard InChI is InChI=1S/C12H14N2O2/c1-3-7-14-12(15)9(2)16-11-6-4-5-10(13)8-11/h1,4-6,8-9H,7,13H2,2H3,(H,14,15). The molecule has 0 spiro atoms. The fraction of sp³-hybridized carbons (Fsp3) is 0.250. The summed E-state index contributed by atoms with van der Waals surface area (Å²) in [5.41, 5.74) is 6.17. The van der Waals surface area contributed by atoms with Crippen molar-refractivity contribution in [3.63, 3.8) is 0 Å². The molecular weight excluding hydrogens is 204 g/mol. The third-order valence-corrected chi connectivity index (χ3v) is 1.90. The Balaban J connectivity index is 2.54. The first-order chi connectivity index (χ1) is 7.63. The Bertz CT molecular complexity index is 410.